The zero-order chi connectivity index (χ0) is 102. The molecule has 11 N–H and O–H groups in total. The fourth-order valence-electron chi connectivity index (χ4n) is 16.4. The first-order valence-electron chi connectivity index (χ1n) is 45.2. The number of aliphatic carboxylic acids is 1. The molecule has 0 aliphatic carbocycles. The van der Waals surface area contributed by atoms with E-state index in [1.54, 1.807) is 127 Å². The maximum atomic E-state index is 13.3. The Morgan fingerprint density at radius 3 is 1.34 bits per heavy atom. The van der Waals surface area contributed by atoms with Gasteiger partial charge in [0.25, 0.3) is 23.6 Å². The molecule has 10 aromatic carbocycles. The van der Waals surface area contributed by atoms with Gasteiger partial charge in [0, 0.05) is 115 Å². The van der Waals surface area contributed by atoms with Crippen molar-refractivity contribution in [3.05, 3.63) is 292 Å². The number of benzene rings is 10. The Morgan fingerprint density at radius 2 is 0.846 bits per heavy atom. The largest absolute Gasteiger partial charge is 0.481 e. The third-order valence-electron chi connectivity index (χ3n) is 23.3. The molecule has 2 aromatic heterocycles. The van der Waals surface area contributed by atoms with Crippen LogP contribution in [0.25, 0.3) is 21.8 Å². The zero-order valence-corrected chi connectivity index (χ0v) is 76.0. The van der Waals surface area contributed by atoms with E-state index in [1.807, 2.05) is 12.1 Å². The van der Waals surface area contributed by atoms with Crippen LogP contribution in [0.3, 0.4) is 0 Å². The number of rotatable bonds is 34. The summed E-state index contributed by atoms with van der Waals surface area (Å²) in [4.78, 5) is 184. The standard InChI is InChI=1S/C52H43F3N8O8.C32H23F3N4O2.C21H23N3O7/c53-52(54,55)32-8-5-9-34(26-32)59-51(70)60-35-10-6-12-38(27-35)71-37-19-17-33(18-20-37)58-47-31(28-56)29-57-41-21-16-30(25-40(41)47)24-36(64)11-3-1-2-4-15-44(65)61-42-14-7-13-39-46(42)50(69)63(49(39)68)43-22-23-45(66)62-48(43)67;33-32(34,35)23-5-1-3-20(13-23)14-26(40)15-21-4-2-6-28(16-21)41-27-10-8-25(9-11-27)39-31-22(18-36)19-38-30-12-7-24(37)17-29(30)31;25-15(8-3-1-2-4-9-17(27)28)22-13-7-5-6-12-18(13)21(31)24(20(12)30)14-10-11-16(26)23-19(14)29/h5-10,12-14,16-21,25-27,29,43H,1-4,11,15,22-24H2,(H,57,58)(H,61,65)(H2,59,60,70)(H,62,66,67);1-13,16-17,19H,14-15,37H2,(H,38,39);5-7,14H,1-4,8-11H2,(H,22,25)(H,27,28)(H,23,26,29). The topological polar surface area (TPSA) is 480 Å². The van der Waals surface area contributed by atoms with Crippen LogP contribution in [0.1, 0.15) is 183 Å². The molecule has 6 heterocycles. The lowest BCUT2D eigenvalue weighted by atomic mass is 10.0. The van der Waals surface area contributed by atoms with E-state index in [0.29, 0.717) is 142 Å². The van der Waals surface area contributed by atoms with Crippen LogP contribution in [0.5, 0.6) is 23.0 Å². The normalized spacial score (nSPS) is 14.2. The number of pyridine rings is 2. The highest BCUT2D eigenvalue weighted by molar-refractivity contribution is 6.27. The number of alkyl halides is 6. The third kappa shape index (κ3) is 26.2. The minimum Gasteiger partial charge on any atom is -0.481 e. The van der Waals surface area contributed by atoms with Crippen molar-refractivity contribution in [1.82, 2.24) is 30.4 Å². The molecule has 143 heavy (non-hydrogen) atoms. The lowest BCUT2D eigenvalue weighted by Gasteiger charge is -2.27. The van der Waals surface area contributed by atoms with Gasteiger partial charge in [0.15, 0.2) is 0 Å². The van der Waals surface area contributed by atoms with Crippen LogP contribution in [0.4, 0.5) is 82.3 Å². The molecule has 0 spiro atoms. The Balaban J connectivity index is 0.000000189. The van der Waals surface area contributed by atoms with Crippen molar-refractivity contribution in [2.75, 3.05) is 37.6 Å². The first-order valence-corrected chi connectivity index (χ1v) is 45.2. The number of nitrogens with two attached hydrogens (primary N) is 1. The number of carboxylic acids is 1. The molecule has 728 valence electrons. The summed E-state index contributed by atoms with van der Waals surface area (Å²) < 4.78 is 90.2. The summed E-state index contributed by atoms with van der Waals surface area (Å²) in [5.74, 6) is -4.90. The Hall–Kier alpha value is -17.8. The van der Waals surface area contributed by atoms with Crippen molar-refractivity contribution >= 4 is 156 Å². The van der Waals surface area contributed by atoms with Crippen LogP contribution in [0.2, 0.25) is 0 Å². The number of halogens is 6. The molecule has 0 radical (unpaired) electrons. The molecule has 38 heteroatoms. The summed E-state index contributed by atoms with van der Waals surface area (Å²) >= 11 is 0. The molecular formula is C105H89F6N15O17. The van der Waals surface area contributed by atoms with Crippen molar-refractivity contribution in [3.8, 4) is 35.1 Å². The summed E-state index contributed by atoms with van der Waals surface area (Å²) in [6.45, 7) is 0. The third-order valence-corrected chi connectivity index (χ3v) is 23.3. The molecule has 2 atom stereocenters. The predicted octanol–water partition coefficient (Wildman–Crippen LogP) is 18.8. The molecule has 4 aliphatic rings. The van der Waals surface area contributed by atoms with E-state index in [1.165, 1.54) is 67.0 Å². The van der Waals surface area contributed by atoms with Gasteiger partial charge in [-0.05, 0) is 207 Å². The summed E-state index contributed by atoms with van der Waals surface area (Å²) in [7, 11) is 0. The molecule has 2 unspecified atom stereocenters. The van der Waals surface area contributed by atoms with Gasteiger partial charge in [0.05, 0.1) is 78.3 Å². The number of ketones is 2. The molecule has 4 aliphatic heterocycles. The summed E-state index contributed by atoms with van der Waals surface area (Å²) in [5, 5.41) is 50.8. The minimum absolute atomic E-state index is 0.000495. The average Bonchev–Trinajstić information content (AvgIpc) is 1.60. The van der Waals surface area contributed by atoms with E-state index in [-0.39, 0.29) is 132 Å². The van der Waals surface area contributed by atoms with Gasteiger partial charge in [0.1, 0.15) is 58.8 Å². The van der Waals surface area contributed by atoms with Crippen LogP contribution < -0.4 is 57.7 Å². The van der Waals surface area contributed by atoms with Crippen molar-refractivity contribution in [2.45, 2.75) is 146 Å². The zero-order valence-electron chi connectivity index (χ0n) is 76.0. The van der Waals surface area contributed by atoms with E-state index < -0.39 is 94.8 Å². The number of aromatic nitrogens is 2. The number of nitrogens with zero attached hydrogens (tertiary/aromatic N) is 6. The van der Waals surface area contributed by atoms with Crippen molar-refractivity contribution in [3.63, 3.8) is 0 Å². The van der Waals surface area contributed by atoms with E-state index >= 15 is 0 Å². The van der Waals surface area contributed by atoms with Crippen LogP contribution in [0.15, 0.2) is 231 Å². The van der Waals surface area contributed by atoms with Crippen molar-refractivity contribution in [2.24, 2.45) is 0 Å². The lowest BCUT2D eigenvalue weighted by molar-refractivity contribution is -0.138. The number of nitrogen functional groups attached to an aromatic ring is 1. The monoisotopic (exact) mass is 1950 g/mol. The molecule has 32 nitrogen and oxygen atoms in total. The van der Waals surface area contributed by atoms with Crippen LogP contribution in [-0.2, 0) is 74.8 Å². The number of carbonyl (C=O) groups is 14. The molecule has 16 rings (SSSR count). The number of unbranched alkanes of at least 4 members (excludes halogenated alkanes) is 6. The predicted molar refractivity (Wildman–Crippen MR) is 513 cm³/mol. The number of carbonyl (C=O) groups excluding carboxylic acids is 13. The number of amides is 12. The molecular weight excluding hydrogens is 1860 g/mol. The fraction of sp³-hybridized carbons (Fsp3) is 0.219. The Labute approximate surface area is 811 Å². The number of ether oxygens (including phenoxy) is 2. The number of nitriles is 2. The maximum Gasteiger partial charge on any atom is 0.416 e. The first-order chi connectivity index (χ1) is 68.6. The number of fused-ring (bicyclic) bond motifs is 4. The molecule has 0 bridgehead atoms. The van der Waals surface area contributed by atoms with Crippen molar-refractivity contribution in [1.29, 1.82) is 10.5 Å². The fourth-order valence-corrected chi connectivity index (χ4v) is 16.4. The van der Waals surface area contributed by atoms with E-state index in [2.05, 4.69) is 64.6 Å². The summed E-state index contributed by atoms with van der Waals surface area (Å²) in [6.07, 6.45) is -0.108. The number of hydrogen-bond acceptors (Lipinski definition) is 23. The number of hydrogen-bond donors (Lipinski definition) is 10. The van der Waals surface area contributed by atoms with Crippen molar-refractivity contribution < 1.29 is 108 Å². The highest BCUT2D eigenvalue weighted by atomic mass is 19.4. The molecule has 2 saturated heterocycles. The maximum absolute atomic E-state index is 13.3. The van der Waals surface area contributed by atoms with Crippen LogP contribution in [-0.4, -0.2) is 120 Å². The number of imide groups is 4. The lowest BCUT2D eigenvalue weighted by Crippen LogP contribution is -2.54. The van der Waals surface area contributed by atoms with Crippen LogP contribution in [0, 0.1) is 22.7 Å². The second-order valence-corrected chi connectivity index (χ2v) is 33.8. The van der Waals surface area contributed by atoms with E-state index in [4.69, 9.17) is 20.3 Å². The Morgan fingerprint density at radius 1 is 0.427 bits per heavy atom. The summed E-state index contributed by atoms with van der Waals surface area (Å²) in [6, 6.07) is 57.7. The smallest absolute Gasteiger partial charge is 0.416 e. The highest BCUT2D eigenvalue weighted by Gasteiger charge is 2.48. The van der Waals surface area contributed by atoms with Gasteiger partial charge in [-0.15, -0.1) is 0 Å². The minimum atomic E-state index is -4.56. The molecule has 12 amide bonds. The molecule has 0 saturated carbocycles. The Kier molecular flexibility index (Phi) is 32.3. The number of carboxylic acid groups (broad SMARTS) is 1. The second-order valence-electron chi connectivity index (χ2n) is 33.8. The summed E-state index contributed by atoms with van der Waals surface area (Å²) in [5.41, 5.74) is 11.8. The SMILES string of the molecule is N#Cc1cnc2ccc(CC(=O)CCCCCCC(=O)Nc3cccc4c3C(=O)N(C3CCC(=O)NC3=O)C4=O)cc2c1Nc1ccc(Oc2cccc(NC(=O)Nc3cccc(C(F)(F)F)c3)c2)cc1.N#Cc1cnc2ccc(N)cc2c1Nc1ccc(Oc2cccc(CC(=O)Cc3cccc(C(F)(F)F)c3)c2)cc1.O=C(O)CCCCCCC(=O)Nc1cccc2c1C(=O)N(C1CCC(=O)NC1=O)C2=O. The average molecular weight is 1950 g/mol. The highest BCUT2D eigenvalue weighted by Crippen LogP contribution is 2.40. The van der Waals surface area contributed by atoms with Gasteiger partial charge in [-0.1, -0.05) is 86.3 Å². The van der Waals surface area contributed by atoms with Gasteiger partial charge >= 0.3 is 24.4 Å². The number of urea groups is 1. The number of Topliss-reactive ketones (excluding diaryl/α,β-unsaturated/α-hetero) is 2. The molecule has 12 aromatic rings. The number of piperidine rings is 2. The van der Waals surface area contributed by atoms with Gasteiger partial charge in [-0.25, -0.2) is 4.79 Å². The molecule has 2 fully saturated rings. The quantitative estimate of drug-likeness (QED) is 0.00775. The van der Waals surface area contributed by atoms with E-state index in [0.717, 1.165) is 50.7 Å². The first kappa shape index (κ1) is 101. The number of nitrogens with one attached hydrogen (secondary N) is 8. The Bertz CT molecular complexity index is 7130. The van der Waals surface area contributed by atoms with Gasteiger partial charge < -0.3 is 52.2 Å². The van der Waals surface area contributed by atoms with Crippen LogP contribution >= 0.6 is 0 Å². The van der Waals surface area contributed by atoms with Gasteiger partial charge in [-0.3, -0.25) is 92.7 Å². The number of anilines is 9. The van der Waals surface area contributed by atoms with Gasteiger partial charge in [0.2, 0.25) is 35.4 Å². The van der Waals surface area contributed by atoms with Gasteiger partial charge in [-0.2, -0.15) is 36.9 Å². The van der Waals surface area contributed by atoms with E-state index in [9.17, 15) is 104 Å². The second kappa shape index (κ2) is 45.6.